The molecular formula is C46H79N19. The second-order valence-corrected chi connectivity index (χ2v) is 21.7. The Balaban J connectivity index is 0.000000379. The van der Waals surface area contributed by atoms with Gasteiger partial charge in [0, 0.05) is 47.5 Å². The molecular weight excluding hydrogens is 819 g/mol. The minimum Gasteiger partial charge on any atom is -0.268 e. The minimum atomic E-state index is -0.0451. The monoisotopic (exact) mass is 898 g/mol. The van der Waals surface area contributed by atoms with Crippen LogP contribution in [0, 0.1) is 0 Å². The van der Waals surface area contributed by atoms with Crippen molar-refractivity contribution in [3.05, 3.63) is 111 Å². The van der Waals surface area contributed by atoms with E-state index in [9.17, 15) is 0 Å². The third kappa shape index (κ3) is 23.9. The molecule has 7 rings (SSSR count). The average Bonchev–Trinajstić information content (AvgIpc) is 4.05. The van der Waals surface area contributed by atoms with Crippen molar-refractivity contribution in [2.45, 2.75) is 184 Å². The molecule has 0 amide bonds. The molecule has 65 heavy (non-hydrogen) atoms. The molecule has 0 unspecified atom stereocenters. The molecule has 7 aromatic rings. The van der Waals surface area contributed by atoms with Gasteiger partial charge in [-0.3, -0.25) is 9.67 Å². The maximum atomic E-state index is 4.25. The van der Waals surface area contributed by atoms with Gasteiger partial charge in [0.1, 0.15) is 24.8 Å². The summed E-state index contributed by atoms with van der Waals surface area (Å²) in [6.45, 7) is 43.8. The topological polar surface area (TPSA) is 205 Å². The number of hydrogen-bond donors (Lipinski definition) is 0. The van der Waals surface area contributed by atoms with Crippen LogP contribution in [0.1, 0.15) is 157 Å². The van der Waals surface area contributed by atoms with Gasteiger partial charge >= 0.3 is 0 Å². The molecule has 358 valence electrons. The lowest BCUT2D eigenvalue weighted by molar-refractivity contribution is 0.306. The SMILES string of the molecule is CC(C)(C)c1ccccn1.CC(C)(C)c1ncccn1.CC(C)(C)n1cccn1.CC(C)(C)n1cncn1.CC(C)(C)n1cnnn1.CC(C)(C)n1nccn1.CC(C)(C)n1ncnn1. The number of rotatable bonds is 0. The maximum Gasteiger partial charge on any atom is 0.162 e. The van der Waals surface area contributed by atoms with Gasteiger partial charge in [-0.2, -0.15) is 30.0 Å². The number of aromatic nitrogens is 19. The number of tetrazole rings is 2. The van der Waals surface area contributed by atoms with E-state index in [4.69, 9.17) is 0 Å². The van der Waals surface area contributed by atoms with Gasteiger partial charge in [-0.15, -0.1) is 15.3 Å². The molecule has 7 aromatic heterocycles. The summed E-state index contributed by atoms with van der Waals surface area (Å²) < 4.78 is 5.48. The Hall–Kier alpha value is -6.14. The molecule has 0 saturated carbocycles. The average molecular weight is 898 g/mol. The highest BCUT2D eigenvalue weighted by Gasteiger charge is 2.17. The lowest BCUT2D eigenvalue weighted by atomic mass is 9.92. The molecule has 0 aliphatic heterocycles. The van der Waals surface area contributed by atoms with E-state index in [2.05, 4.69) is 181 Å². The predicted molar refractivity (Wildman–Crippen MR) is 257 cm³/mol. The lowest BCUT2D eigenvalue weighted by Gasteiger charge is -2.18. The molecule has 0 radical (unpaired) electrons. The summed E-state index contributed by atoms with van der Waals surface area (Å²) in [5.41, 5.74) is 1.57. The van der Waals surface area contributed by atoms with Crippen molar-refractivity contribution in [3.63, 3.8) is 0 Å². The first-order valence-electron chi connectivity index (χ1n) is 21.6. The van der Waals surface area contributed by atoms with E-state index >= 15 is 0 Å². The molecule has 0 spiro atoms. The first-order chi connectivity index (χ1) is 29.7. The van der Waals surface area contributed by atoms with E-state index in [1.807, 2.05) is 87.6 Å². The fourth-order valence-corrected chi connectivity index (χ4v) is 4.22. The highest BCUT2D eigenvalue weighted by Crippen LogP contribution is 2.19. The molecule has 19 nitrogen and oxygen atoms in total. The van der Waals surface area contributed by atoms with Crippen LogP contribution in [0.15, 0.2) is 99.0 Å². The maximum absolute atomic E-state index is 4.25. The quantitative estimate of drug-likeness (QED) is 0.140. The predicted octanol–water partition coefficient (Wildman–Crippen LogP) is 8.71. The Kier molecular flexibility index (Phi) is 21.7. The van der Waals surface area contributed by atoms with Crippen LogP contribution in [0.2, 0.25) is 0 Å². The molecule has 19 heteroatoms. The fraction of sp³-hybridized carbons (Fsp3) is 0.609. The van der Waals surface area contributed by atoms with Crippen molar-refractivity contribution < 1.29 is 0 Å². The Morgan fingerprint density at radius 3 is 1.18 bits per heavy atom. The number of pyridine rings is 1. The van der Waals surface area contributed by atoms with Crippen molar-refractivity contribution in [1.29, 1.82) is 0 Å². The van der Waals surface area contributed by atoms with Crippen LogP contribution >= 0.6 is 0 Å². The summed E-state index contributed by atoms with van der Waals surface area (Å²) in [4.78, 5) is 19.6. The largest absolute Gasteiger partial charge is 0.268 e. The number of nitrogens with zero attached hydrogens (tertiary/aromatic N) is 19. The standard InChI is InChI=1S/C9H13N.C8H12N2.C7H12N2.2C6H11N3.2C5H10N4/c1-9(2,3)8-6-4-5-7-10-8;1-8(2,3)7-9-5-4-6-10-7;1-7(2,3)9-6-4-5-8-9;1-6(2,3)9-5-7-4-8-9;1-6(2,3)9-7-4-5-8-9;1-5(2,3)9-4-6-7-8-9;1-5(2,3)9-7-4-6-8-9/h4-7H,1-3H3;4-6H,1-3H3;4-6H,1-3H3;2*4-5H,1-3H3;2*4H,1-3H3. The molecule has 0 aromatic carbocycles. The fourth-order valence-electron chi connectivity index (χ4n) is 4.22. The summed E-state index contributed by atoms with van der Waals surface area (Å²) in [7, 11) is 0. The molecule has 0 fully saturated rings. The van der Waals surface area contributed by atoms with Crippen molar-refractivity contribution in [2.24, 2.45) is 0 Å². The summed E-state index contributed by atoms with van der Waals surface area (Å²) in [5, 5.41) is 38.1. The summed E-state index contributed by atoms with van der Waals surface area (Å²) >= 11 is 0. The molecule has 0 bridgehead atoms. The highest BCUT2D eigenvalue weighted by atomic mass is 15.6. The lowest BCUT2D eigenvalue weighted by Crippen LogP contribution is -2.24. The van der Waals surface area contributed by atoms with Crippen LogP contribution in [-0.2, 0) is 38.5 Å². The molecule has 7 heterocycles. The van der Waals surface area contributed by atoms with Crippen molar-refractivity contribution in [1.82, 2.24) is 94.9 Å². The van der Waals surface area contributed by atoms with Gasteiger partial charge in [0.15, 0.2) is 6.33 Å². The van der Waals surface area contributed by atoms with Crippen LogP contribution in [0.25, 0.3) is 0 Å². The van der Waals surface area contributed by atoms with Gasteiger partial charge in [0.05, 0.1) is 40.1 Å². The first kappa shape index (κ1) is 56.9. The van der Waals surface area contributed by atoms with Gasteiger partial charge in [0.25, 0.3) is 0 Å². The first-order valence-corrected chi connectivity index (χ1v) is 21.6. The van der Waals surface area contributed by atoms with E-state index < -0.39 is 0 Å². The molecule has 0 saturated heterocycles. The Morgan fingerprint density at radius 2 is 0.938 bits per heavy atom. The summed E-state index contributed by atoms with van der Waals surface area (Å²) in [6, 6.07) is 9.78. The zero-order chi connectivity index (χ0) is 49.8. The Labute approximate surface area is 388 Å². The third-order valence-electron chi connectivity index (χ3n) is 7.97. The van der Waals surface area contributed by atoms with Crippen LogP contribution in [0.3, 0.4) is 0 Å². The minimum absolute atomic E-state index is 0.00347. The van der Waals surface area contributed by atoms with Crippen molar-refractivity contribution >= 4 is 0 Å². The van der Waals surface area contributed by atoms with Crippen LogP contribution < -0.4 is 0 Å². The van der Waals surface area contributed by atoms with Gasteiger partial charge < -0.3 is 0 Å². The van der Waals surface area contributed by atoms with Crippen LogP contribution in [0.5, 0.6) is 0 Å². The molecule has 0 aliphatic carbocycles. The van der Waals surface area contributed by atoms with Crippen LogP contribution in [-0.4, -0.2) is 94.9 Å². The second-order valence-electron chi connectivity index (χ2n) is 21.7. The normalized spacial score (nSPS) is 11.8. The van der Waals surface area contributed by atoms with Crippen LogP contribution in [0.4, 0.5) is 0 Å². The zero-order valence-corrected chi connectivity index (χ0v) is 43.2. The van der Waals surface area contributed by atoms with Gasteiger partial charge in [-0.25, -0.2) is 24.3 Å². The van der Waals surface area contributed by atoms with Gasteiger partial charge in [0.2, 0.25) is 0 Å². The van der Waals surface area contributed by atoms with Gasteiger partial charge in [-0.05, 0) is 144 Å². The number of hydrogen-bond acceptors (Lipinski definition) is 14. The van der Waals surface area contributed by atoms with Crippen molar-refractivity contribution in [3.8, 4) is 0 Å². The highest BCUT2D eigenvalue weighted by molar-refractivity contribution is 5.12. The molecule has 0 aliphatic rings. The second kappa shape index (κ2) is 24.8. The van der Waals surface area contributed by atoms with E-state index in [1.165, 1.54) is 6.33 Å². The van der Waals surface area contributed by atoms with Gasteiger partial charge in [-0.1, -0.05) is 47.6 Å². The zero-order valence-electron chi connectivity index (χ0n) is 43.2. The van der Waals surface area contributed by atoms with E-state index in [0.717, 1.165) is 11.5 Å². The van der Waals surface area contributed by atoms with Crippen molar-refractivity contribution in [2.75, 3.05) is 0 Å². The Bertz CT molecular complexity index is 1840. The summed E-state index contributed by atoms with van der Waals surface area (Å²) in [5.74, 6) is 0.898. The summed E-state index contributed by atoms with van der Waals surface area (Å²) in [6.07, 6.45) is 18.8. The molecule has 0 atom stereocenters. The van der Waals surface area contributed by atoms with E-state index in [0.29, 0.717) is 0 Å². The van der Waals surface area contributed by atoms with E-state index in [1.54, 1.807) is 64.2 Å². The smallest absolute Gasteiger partial charge is 0.162 e. The van der Waals surface area contributed by atoms with E-state index in [-0.39, 0.29) is 38.5 Å². The third-order valence-corrected chi connectivity index (χ3v) is 7.97. The molecule has 0 N–H and O–H groups in total. The Morgan fingerprint density at radius 1 is 0.385 bits per heavy atom.